The molecule has 1 unspecified atom stereocenters. The Morgan fingerprint density at radius 2 is 2.39 bits per heavy atom. The maximum absolute atomic E-state index is 5.84. The van der Waals surface area contributed by atoms with Gasteiger partial charge in [-0.2, -0.15) is 0 Å². The van der Waals surface area contributed by atoms with E-state index < -0.39 is 0 Å². The number of hydrogen-bond acceptors (Lipinski definition) is 5. The summed E-state index contributed by atoms with van der Waals surface area (Å²) >= 11 is 0. The summed E-state index contributed by atoms with van der Waals surface area (Å²) in [6.45, 7) is 2.57. The Morgan fingerprint density at radius 3 is 3.28 bits per heavy atom. The lowest BCUT2D eigenvalue weighted by atomic mass is 10.1. The van der Waals surface area contributed by atoms with Crippen LogP contribution in [0.4, 0.5) is 0 Å². The summed E-state index contributed by atoms with van der Waals surface area (Å²) < 4.78 is 11.0. The van der Waals surface area contributed by atoms with Crippen molar-refractivity contribution in [2.75, 3.05) is 26.8 Å². The minimum atomic E-state index is 0.0650. The van der Waals surface area contributed by atoms with Gasteiger partial charge in [0.2, 0.25) is 5.88 Å². The summed E-state index contributed by atoms with van der Waals surface area (Å²) in [7, 11) is 1.59. The molecule has 18 heavy (non-hydrogen) atoms. The SMILES string of the molecule is COc1cnc2[nH]cc(C3CCNCCO3)c2n1. The number of hydrogen-bond donors (Lipinski definition) is 2. The Morgan fingerprint density at radius 1 is 1.44 bits per heavy atom. The van der Waals surface area contributed by atoms with Crippen molar-refractivity contribution in [2.45, 2.75) is 12.5 Å². The van der Waals surface area contributed by atoms with Gasteiger partial charge in [0, 0.05) is 18.3 Å². The number of methoxy groups -OCH3 is 1. The second-order valence-electron chi connectivity index (χ2n) is 4.25. The van der Waals surface area contributed by atoms with Crippen LogP contribution in [0.1, 0.15) is 18.1 Å². The van der Waals surface area contributed by atoms with Crippen LogP contribution in [-0.2, 0) is 4.74 Å². The maximum Gasteiger partial charge on any atom is 0.232 e. The molecule has 3 rings (SSSR count). The zero-order valence-electron chi connectivity index (χ0n) is 10.3. The van der Waals surface area contributed by atoms with Gasteiger partial charge in [-0.05, 0) is 13.0 Å². The van der Waals surface area contributed by atoms with Crippen molar-refractivity contribution in [1.29, 1.82) is 0 Å². The first kappa shape index (κ1) is 11.4. The Hall–Kier alpha value is -1.66. The molecule has 96 valence electrons. The molecule has 0 aliphatic carbocycles. The number of aromatic nitrogens is 3. The van der Waals surface area contributed by atoms with Gasteiger partial charge in [0.05, 0.1) is 26.0 Å². The lowest BCUT2D eigenvalue weighted by molar-refractivity contribution is 0.0653. The third kappa shape index (κ3) is 2.04. The Balaban J connectivity index is 1.99. The number of rotatable bonds is 2. The van der Waals surface area contributed by atoms with Crippen LogP contribution in [0.15, 0.2) is 12.4 Å². The van der Waals surface area contributed by atoms with Crippen LogP contribution in [-0.4, -0.2) is 41.8 Å². The molecule has 0 aromatic carbocycles. The molecule has 0 saturated carbocycles. The third-order valence-corrected chi connectivity index (χ3v) is 3.13. The molecule has 0 spiro atoms. The summed E-state index contributed by atoms with van der Waals surface area (Å²) in [4.78, 5) is 11.8. The van der Waals surface area contributed by atoms with Crippen molar-refractivity contribution in [2.24, 2.45) is 0 Å². The molecule has 0 radical (unpaired) electrons. The summed E-state index contributed by atoms with van der Waals surface area (Å²) in [5, 5.41) is 3.31. The van der Waals surface area contributed by atoms with Gasteiger partial charge in [-0.3, -0.25) is 0 Å². The van der Waals surface area contributed by atoms with E-state index in [1.807, 2.05) is 6.20 Å². The molecule has 6 nitrogen and oxygen atoms in total. The highest BCUT2D eigenvalue weighted by Gasteiger charge is 2.20. The van der Waals surface area contributed by atoms with E-state index in [2.05, 4.69) is 20.3 Å². The van der Waals surface area contributed by atoms with Crippen LogP contribution >= 0.6 is 0 Å². The molecule has 0 bridgehead atoms. The quantitative estimate of drug-likeness (QED) is 0.830. The van der Waals surface area contributed by atoms with Crippen molar-refractivity contribution in [3.63, 3.8) is 0 Å². The highest BCUT2D eigenvalue weighted by molar-refractivity contribution is 5.75. The standard InChI is InChI=1S/C12H16N4O2/c1-17-10-7-15-12-11(16-10)8(6-14-12)9-2-3-13-4-5-18-9/h6-7,9,13H,2-5H2,1H3,(H,14,15). The first-order valence-corrected chi connectivity index (χ1v) is 6.09. The van der Waals surface area contributed by atoms with Gasteiger partial charge in [-0.1, -0.05) is 0 Å². The van der Waals surface area contributed by atoms with Gasteiger partial charge in [-0.15, -0.1) is 0 Å². The topological polar surface area (TPSA) is 72.1 Å². The van der Waals surface area contributed by atoms with Crippen molar-refractivity contribution >= 4 is 11.2 Å². The predicted molar refractivity (Wildman–Crippen MR) is 66.6 cm³/mol. The number of nitrogens with one attached hydrogen (secondary N) is 2. The molecule has 1 aliphatic heterocycles. The summed E-state index contributed by atoms with van der Waals surface area (Å²) in [6, 6.07) is 0. The summed E-state index contributed by atoms with van der Waals surface area (Å²) in [6.07, 6.45) is 4.54. The van der Waals surface area contributed by atoms with Crippen LogP contribution in [0.2, 0.25) is 0 Å². The molecule has 1 atom stereocenters. The number of fused-ring (bicyclic) bond motifs is 1. The Kier molecular flexibility index (Phi) is 3.12. The largest absolute Gasteiger partial charge is 0.480 e. The molecule has 2 aromatic rings. The van der Waals surface area contributed by atoms with Gasteiger partial charge in [0.25, 0.3) is 0 Å². The number of H-pyrrole nitrogens is 1. The molecule has 2 N–H and O–H groups in total. The van der Waals surface area contributed by atoms with E-state index in [0.717, 1.165) is 42.8 Å². The predicted octanol–water partition coefficient (Wildman–Crippen LogP) is 1.02. The van der Waals surface area contributed by atoms with Gasteiger partial charge in [0.15, 0.2) is 5.65 Å². The molecule has 0 amide bonds. The van der Waals surface area contributed by atoms with E-state index in [1.54, 1.807) is 13.3 Å². The number of nitrogens with zero attached hydrogens (tertiary/aromatic N) is 2. The van der Waals surface area contributed by atoms with Crippen LogP contribution in [0.3, 0.4) is 0 Å². The number of ether oxygens (including phenoxy) is 2. The molecule has 1 aliphatic rings. The maximum atomic E-state index is 5.84. The second-order valence-corrected chi connectivity index (χ2v) is 4.25. The third-order valence-electron chi connectivity index (χ3n) is 3.13. The van der Waals surface area contributed by atoms with E-state index in [-0.39, 0.29) is 6.10 Å². The minimum Gasteiger partial charge on any atom is -0.480 e. The fourth-order valence-corrected chi connectivity index (χ4v) is 2.20. The highest BCUT2D eigenvalue weighted by Crippen LogP contribution is 2.28. The molecule has 3 heterocycles. The molecule has 2 aromatic heterocycles. The zero-order chi connectivity index (χ0) is 12.4. The monoisotopic (exact) mass is 248 g/mol. The molecule has 1 saturated heterocycles. The van der Waals surface area contributed by atoms with Crippen molar-refractivity contribution in [1.82, 2.24) is 20.3 Å². The molecular weight excluding hydrogens is 232 g/mol. The second kappa shape index (κ2) is 4.91. The van der Waals surface area contributed by atoms with Crippen molar-refractivity contribution in [3.8, 4) is 5.88 Å². The highest BCUT2D eigenvalue weighted by atomic mass is 16.5. The molecule has 1 fully saturated rings. The molecular formula is C12H16N4O2. The summed E-state index contributed by atoms with van der Waals surface area (Å²) in [5.41, 5.74) is 2.66. The zero-order valence-corrected chi connectivity index (χ0v) is 10.3. The minimum absolute atomic E-state index is 0.0650. The summed E-state index contributed by atoms with van der Waals surface area (Å²) in [5.74, 6) is 0.523. The van der Waals surface area contributed by atoms with Gasteiger partial charge in [0.1, 0.15) is 5.52 Å². The Bertz CT molecular complexity index is 532. The smallest absolute Gasteiger partial charge is 0.232 e. The normalized spacial score (nSPS) is 20.8. The van der Waals surface area contributed by atoms with E-state index in [0.29, 0.717) is 5.88 Å². The van der Waals surface area contributed by atoms with Crippen molar-refractivity contribution in [3.05, 3.63) is 18.0 Å². The van der Waals surface area contributed by atoms with Gasteiger partial charge in [-0.25, -0.2) is 9.97 Å². The van der Waals surface area contributed by atoms with Gasteiger partial charge < -0.3 is 19.8 Å². The van der Waals surface area contributed by atoms with E-state index in [9.17, 15) is 0 Å². The average molecular weight is 248 g/mol. The van der Waals surface area contributed by atoms with Crippen LogP contribution in [0.5, 0.6) is 5.88 Å². The lowest BCUT2D eigenvalue weighted by Gasteiger charge is -2.13. The first-order valence-electron chi connectivity index (χ1n) is 6.09. The fourth-order valence-electron chi connectivity index (χ4n) is 2.20. The fraction of sp³-hybridized carbons (Fsp3) is 0.500. The average Bonchev–Trinajstić information content (AvgIpc) is 2.64. The van der Waals surface area contributed by atoms with Crippen molar-refractivity contribution < 1.29 is 9.47 Å². The molecule has 6 heteroatoms. The van der Waals surface area contributed by atoms with Crippen LogP contribution < -0.4 is 10.1 Å². The Labute approximate surface area is 105 Å². The van der Waals surface area contributed by atoms with E-state index in [1.165, 1.54) is 0 Å². The lowest BCUT2D eigenvalue weighted by Crippen LogP contribution is -2.16. The van der Waals surface area contributed by atoms with Crippen LogP contribution in [0, 0.1) is 0 Å². The number of aromatic amines is 1. The van der Waals surface area contributed by atoms with E-state index in [4.69, 9.17) is 9.47 Å². The van der Waals surface area contributed by atoms with E-state index >= 15 is 0 Å². The van der Waals surface area contributed by atoms with Gasteiger partial charge >= 0.3 is 0 Å². The first-order chi connectivity index (χ1) is 8.88. The van der Waals surface area contributed by atoms with Crippen LogP contribution in [0.25, 0.3) is 11.2 Å².